The summed E-state index contributed by atoms with van der Waals surface area (Å²) >= 11 is 5.92. The lowest BCUT2D eigenvalue weighted by Gasteiger charge is -2.34. The first-order valence-electron chi connectivity index (χ1n) is 7.10. The second-order valence-corrected chi connectivity index (χ2v) is 7.42. The molecule has 20 heavy (non-hydrogen) atoms. The summed E-state index contributed by atoms with van der Waals surface area (Å²) in [7, 11) is -3.52. The van der Waals surface area contributed by atoms with Crippen molar-refractivity contribution in [3.8, 4) is 0 Å². The zero-order valence-electron chi connectivity index (χ0n) is 12.3. The summed E-state index contributed by atoms with van der Waals surface area (Å²) in [6, 6.07) is 0.0894. The zero-order valence-corrected chi connectivity index (χ0v) is 13.9. The molecule has 1 aliphatic rings. The molecule has 1 aromatic rings. The first-order chi connectivity index (χ1) is 9.43. The number of alkyl halides is 1. The summed E-state index contributed by atoms with van der Waals surface area (Å²) in [5, 5.41) is 0. The topological polar surface area (TPSA) is 50.5 Å². The van der Waals surface area contributed by atoms with Crippen molar-refractivity contribution >= 4 is 21.6 Å². The maximum absolute atomic E-state index is 13.0. The molecule has 1 saturated heterocycles. The molecule has 0 bridgehead atoms. The fourth-order valence-corrected chi connectivity index (χ4v) is 5.60. The lowest BCUT2D eigenvalue weighted by Crippen LogP contribution is -2.43. The van der Waals surface area contributed by atoms with Crippen molar-refractivity contribution in [3.05, 3.63) is 17.1 Å². The molecule has 0 N–H and O–H groups in total. The van der Waals surface area contributed by atoms with Gasteiger partial charge in [-0.05, 0) is 33.1 Å². The average molecular weight is 320 g/mol. The monoisotopic (exact) mass is 319 g/mol. The molecule has 1 aromatic heterocycles. The van der Waals surface area contributed by atoms with Crippen LogP contribution in [0.4, 0.5) is 0 Å². The Kier molecular flexibility index (Phi) is 4.82. The number of hydrogen-bond acceptors (Lipinski definition) is 3. The molecule has 4 nitrogen and oxygen atoms in total. The van der Waals surface area contributed by atoms with Gasteiger partial charge in [0, 0.05) is 18.2 Å². The molecule has 0 saturated carbocycles. The quantitative estimate of drug-likeness (QED) is 0.797. The third kappa shape index (κ3) is 2.63. The summed E-state index contributed by atoms with van der Waals surface area (Å²) in [5.41, 5.74) is 0.601. The number of nitrogens with zero attached hydrogens (tertiary/aromatic N) is 1. The van der Waals surface area contributed by atoms with E-state index in [9.17, 15) is 8.42 Å². The van der Waals surface area contributed by atoms with Gasteiger partial charge in [0.15, 0.2) is 0 Å². The number of sulfonamides is 1. The molecule has 1 fully saturated rings. The van der Waals surface area contributed by atoms with Crippen molar-refractivity contribution in [2.45, 2.75) is 63.3 Å². The van der Waals surface area contributed by atoms with Crippen molar-refractivity contribution in [3.63, 3.8) is 0 Å². The standard InChI is InChI=1S/C14H22ClNO3S/c1-4-12-7-5-6-8-16(12)20(17,18)14-11(3)19-10(2)13(14)9-15/h12H,4-9H2,1-3H3. The Labute approximate surface area is 126 Å². The van der Waals surface area contributed by atoms with E-state index in [0.29, 0.717) is 23.6 Å². The lowest BCUT2D eigenvalue weighted by atomic mass is 10.0. The molecular formula is C14H22ClNO3S. The third-order valence-corrected chi connectivity index (χ3v) is 6.48. The Morgan fingerprint density at radius 1 is 1.30 bits per heavy atom. The van der Waals surface area contributed by atoms with E-state index in [1.807, 2.05) is 6.92 Å². The minimum absolute atomic E-state index is 0.0894. The van der Waals surface area contributed by atoms with Crippen LogP contribution < -0.4 is 0 Å². The van der Waals surface area contributed by atoms with Gasteiger partial charge in [0.2, 0.25) is 10.0 Å². The van der Waals surface area contributed by atoms with Gasteiger partial charge in [-0.1, -0.05) is 13.3 Å². The highest BCUT2D eigenvalue weighted by atomic mass is 35.5. The van der Waals surface area contributed by atoms with E-state index >= 15 is 0 Å². The van der Waals surface area contributed by atoms with Gasteiger partial charge >= 0.3 is 0 Å². The molecule has 114 valence electrons. The lowest BCUT2D eigenvalue weighted by molar-refractivity contribution is 0.246. The van der Waals surface area contributed by atoms with Crippen molar-refractivity contribution < 1.29 is 12.8 Å². The highest BCUT2D eigenvalue weighted by Crippen LogP contribution is 2.34. The highest BCUT2D eigenvalue weighted by molar-refractivity contribution is 7.89. The molecule has 0 spiro atoms. The van der Waals surface area contributed by atoms with Crippen LogP contribution in [0, 0.1) is 13.8 Å². The molecule has 0 amide bonds. The van der Waals surface area contributed by atoms with Crippen LogP contribution in [0.1, 0.15) is 49.7 Å². The number of piperidine rings is 1. The molecule has 1 atom stereocenters. The average Bonchev–Trinajstić information content (AvgIpc) is 2.73. The number of halogens is 1. The number of hydrogen-bond donors (Lipinski definition) is 0. The fourth-order valence-electron chi connectivity index (χ4n) is 3.02. The predicted molar refractivity (Wildman–Crippen MR) is 79.6 cm³/mol. The fraction of sp³-hybridized carbons (Fsp3) is 0.714. The first-order valence-corrected chi connectivity index (χ1v) is 9.07. The van der Waals surface area contributed by atoms with E-state index in [0.717, 1.165) is 25.7 Å². The Balaban J connectivity index is 2.49. The SMILES string of the molecule is CCC1CCCCN1S(=O)(=O)c1c(C)oc(C)c1CCl. The predicted octanol–water partition coefficient (Wildman–Crippen LogP) is 3.59. The Bertz CT molecular complexity index is 579. The molecule has 1 aliphatic heterocycles. The van der Waals surface area contributed by atoms with Crippen LogP contribution in [0.15, 0.2) is 9.31 Å². The van der Waals surface area contributed by atoms with E-state index in [1.54, 1.807) is 18.2 Å². The summed E-state index contributed by atoms with van der Waals surface area (Å²) in [6.07, 6.45) is 3.78. The molecule has 0 aliphatic carbocycles. The van der Waals surface area contributed by atoms with E-state index < -0.39 is 10.0 Å². The second kappa shape index (κ2) is 6.08. The molecule has 0 radical (unpaired) electrons. The van der Waals surface area contributed by atoms with E-state index in [4.69, 9.17) is 16.0 Å². The first kappa shape index (κ1) is 15.9. The van der Waals surface area contributed by atoms with Gasteiger partial charge in [-0.3, -0.25) is 0 Å². The number of rotatable bonds is 4. The normalized spacial score (nSPS) is 21.3. The van der Waals surface area contributed by atoms with Crippen LogP contribution in [-0.4, -0.2) is 25.3 Å². The Morgan fingerprint density at radius 2 is 2.00 bits per heavy atom. The molecule has 1 unspecified atom stereocenters. The molecule has 2 rings (SSSR count). The molecular weight excluding hydrogens is 298 g/mol. The minimum Gasteiger partial charge on any atom is -0.465 e. The van der Waals surface area contributed by atoms with Crippen LogP contribution in [0.2, 0.25) is 0 Å². The van der Waals surface area contributed by atoms with E-state index in [-0.39, 0.29) is 16.8 Å². The summed E-state index contributed by atoms with van der Waals surface area (Å²) < 4.78 is 33.1. The van der Waals surface area contributed by atoms with Crippen LogP contribution >= 0.6 is 11.6 Å². The van der Waals surface area contributed by atoms with Gasteiger partial charge in [0.05, 0.1) is 5.88 Å². The Morgan fingerprint density at radius 3 is 2.60 bits per heavy atom. The number of aryl methyl sites for hydroxylation is 2. The smallest absolute Gasteiger partial charge is 0.247 e. The van der Waals surface area contributed by atoms with Crippen molar-refractivity contribution in [2.24, 2.45) is 0 Å². The molecule has 6 heteroatoms. The van der Waals surface area contributed by atoms with Crippen LogP contribution in [0.5, 0.6) is 0 Å². The summed E-state index contributed by atoms with van der Waals surface area (Å²) in [6.45, 7) is 6.08. The van der Waals surface area contributed by atoms with Crippen LogP contribution in [-0.2, 0) is 15.9 Å². The second-order valence-electron chi connectivity index (χ2n) is 5.33. The minimum atomic E-state index is -3.52. The van der Waals surface area contributed by atoms with Gasteiger partial charge in [0.1, 0.15) is 16.4 Å². The number of furan rings is 1. The van der Waals surface area contributed by atoms with Gasteiger partial charge in [-0.2, -0.15) is 4.31 Å². The molecule has 0 aromatic carbocycles. The van der Waals surface area contributed by atoms with Crippen LogP contribution in [0.3, 0.4) is 0 Å². The third-order valence-electron chi connectivity index (χ3n) is 4.07. The van der Waals surface area contributed by atoms with Gasteiger partial charge in [-0.25, -0.2) is 8.42 Å². The van der Waals surface area contributed by atoms with Gasteiger partial charge in [0.25, 0.3) is 0 Å². The summed E-state index contributed by atoms with van der Waals surface area (Å²) in [5.74, 6) is 1.20. The van der Waals surface area contributed by atoms with E-state index in [1.165, 1.54) is 0 Å². The maximum Gasteiger partial charge on any atom is 0.247 e. The summed E-state index contributed by atoms with van der Waals surface area (Å²) in [4.78, 5) is 0.283. The van der Waals surface area contributed by atoms with Crippen molar-refractivity contribution in [1.82, 2.24) is 4.31 Å². The van der Waals surface area contributed by atoms with E-state index in [2.05, 4.69) is 0 Å². The molecule has 2 heterocycles. The van der Waals surface area contributed by atoms with Crippen molar-refractivity contribution in [1.29, 1.82) is 0 Å². The van der Waals surface area contributed by atoms with Crippen LogP contribution in [0.25, 0.3) is 0 Å². The zero-order chi connectivity index (χ0) is 14.9. The largest absolute Gasteiger partial charge is 0.465 e. The maximum atomic E-state index is 13.0. The highest BCUT2D eigenvalue weighted by Gasteiger charge is 2.36. The Hall–Kier alpha value is -0.520. The van der Waals surface area contributed by atoms with Gasteiger partial charge < -0.3 is 4.42 Å². The van der Waals surface area contributed by atoms with Gasteiger partial charge in [-0.15, -0.1) is 11.6 Å². The van der Waals surface area contributed by atoms with Crippen molar-refractivity contribution in [2.75, 3.05) is 6.54 Å².